The van der Waals surface area contributed by atoms with Crippen LogP contribution in [0.4, 0.5) is 0 Å². The average molecular weight is 415 g/mol. The molecule has 158 valence electrons. The molecule has 1 saturated heterocycles. The van der Waals surface area contributed by atoms with Crippen LogP contribution in [0, 0.1) is 0 Å². The highest BCUT2D eigenvalue weighted by Crippen LogP contribution is 2.49. The number of ether oxygens (including phenoxy) is 3. The summed E-state index contributed by atoms with van der Waals surface area (Å²) in [6.07, 6.45) is -1.43. The number of rotatable bonds is 10. The van der Waals surface area contributed by atoms with Gasteiger partial charge in [-0.2, -0.15) is 0 Å². The fourth-order valence-corrected chi connectivity index (χ4v) is 4.49. The van der Waals surface area contributed by atoms with Gasteiger partial charge in [0.15, 0.2) is 0 Å². The van der Waals surface area contributed by atoms with Crippen molar-refractivity contribution >= 4 is 23.5 Å². The maximum atomic E-state index is 12.3. The molecule has 7 atom stereocenters. The SMILES string of the molecule is [B][C@H]1C[C@@H](OP(=O)([O-])OC[C@H]2O[C@@H]([B])C[C@H]2OC(C)C)[C@@](O)(COC(C)C)C1. The van der Waals surface area contributed by atoms with Crippen LogP contribution in [-0.2, 0) is 27.8 Å². The number of aliphatic hydroxyl groups is 1. The highest BCUT2D eigenvalue weighted by atomic mass is 31.2. The fourth-order valence-electron chi connectivity index (χ4n) is 3.51. The third kappa shape index (κ3) is 7.10. The summed E-state index contributed by atoms with van der Waals surface area (Å²) in [6, 6.07) is -0.546. The summed E-state index contributed by atoms with van der Waals surface area (Å²) >= 11 is 0. The Bertz CT molecular complexity index is 551. The first-order valence-electron chi connectivity index (χ1n) is 9.70. The summed E-state index contributed by atoms with van der Waals surface area (Å²) < 4.78 is 39.2. The van der Waals surface area contributed by atoms with Gasteiger partial charge in [-0.25, -0.2) is 0 Å². The number of phosphoric ester groups is 1. The van der Waals surface area contributed by atoms with Gasteiger partial charge in [-0.1, -0.05) is 5.82 Å². The van der Waals surface area contributed by atoms with Gasteiger partial charge < -0.3 is 33.3 Å². The van der Waals surface area contributed by atoms with E-state index in [0.717, 1.165) is 0 Å². The molecule has 2 aliphatic rings. The molecule has 2 fully saturated rings. The maximum Gasteiger partial charge on any atom is 0.268 e. The van der Waals surface area contributed by atoms with Crippen molar-refractivity contribution in [2.45, 2.75) is 94.9 Å². The standard InChI is InChI=1S/C17H31B2O8P/c1-10(2)23-9-17(20)7-12(18)5-15(17)27-28(21,22)24-8-14-13(25-11(3)4)6-16(19)26-14/h10-16,20H,5-9H2,1-4H3,(H,21,22)/p-1/t12-,13+,14+,15+,16+,17-/m0/s1. The molecule has 0 aromatic rings. The predicted octanol–water partition coefficient (Wildman–Crippen LogP) is 0.841. The second-order valence-corrected chi connectivity index (χ2v) is 9.54. The van der Waals surface area contributed by atoms with Crippen LogP contribution < -0.4 is 4.89 Å². The van der Waals surface area contributed by atoms with Crippen LogP contribution in [-0.4, -0.2) is 76.1 Å². The molecule has 1 aliphatic carbocycles. The van der Waals surface area contributed by atoms with E-state index in [2.05, 4.69) is 0 Å². The van der Waals surface area contributed by atoms with Crippen LogP contribution in [0.5, 0.6) is 0 Å². The minimum Gasteiger partial charge on any atom is -0.756 e. The smallest absolute Gasteiger partial charge is 0.268 e. The first kappa shape index (κ1) is 24.4. The van der Waals surface area contributed by atoms with E-state index in [1.165, 1.54) is 0 Å². The number of phosphoric acid groups is 1. The van der Waals surface area contributed by atoms with Crippen molar-refractivity contribution in [1.82, 2.24) is 0 Å². The Morgan fingerprint density at radius 2 is 1.93 bits per heavy atom. The highest BCUT2D eigenvalue weighted by molar-refractivity contribution is 7.45. The van der Waals surface area contributed by atoms with E-state index in [9.17, 15) is 14.6 Å². The lowest BCUT2D eigenvalue weighted by atomic mass is 9.85. The molecular formula is C17H30B2O8P-. The van der Waals surface area contributed by atoms with Gasteiger partial charge in [-0.15, -0.1) is 0 Å². The van der Waals surface area contributed by atoms with Crippen LogP contribution in [0.3, 0.4) is 0 Å². The van der Waals surface area contributed by atoms with Gasteiger partial charge in [0, 0.05) is 6.00 Å². The lowest BCUT2D eigenvalue weighted by Gasteiger charge is -2.35. The zero-order chi connectivity index (χ0) is 21.1. The highest BCUT2D eigenvalue weighted by Gasteiger charge is 2.47. The molecular weight excluding hydrogens is 385 g/mol. The van der Waals surface area contributed by atoms with E-state index in [0.29, 0.717) is 6.42 Å². The van der Waals surface area contributed by atoms with E-state index in [1.54, 1.807) is 0 Å². The van der Waals surface area contributed by atoms with Crippen LogP contribution in [0.25, 0.3) is 0 Å². The predicted molar refractivity (Wildman–Crippen MR) is 102 cm³/mol. The second-order valence-electron chi connectivity index (χ2n) is 8.17. The number of hydrogen-bond acceptors (Lipinski definition) is 8. The van der Waals surface area contributed by atoms with Crippen molar-refractivity contribution < 1.29 is 37.8 Å². The molecule has 0 aromatic carbocycles. The van der Waals surface area contributed by atoms with Crippen LogP contribution in [0.1, 0.15) is 47.0 Å². The summed E-state index contributed by atoms with van der Waals surface area (Å²) in [5.74, 6) is -0.397. The lowest BCUT2D eigenvalue weighted by molar-refractivity contribution is -0.240. The van der Waals surface area contributed by atoms with Gasteiger partial charge in [0.05, 0.1) is 45.5 Å². The Labute approximate surface area is 170 Å². The molecule has 0 amide bonds. The van der Waals surface area contributed by atoms with Gasteiger partial charge in [-0.3, -0.25) is 4.57 Å². The Morgan fingerprint density at radius 3 is 2.54 bits per heavy atom. The Balaban J connectivity index is 1.93. The molecule has 11 heteroatoms. The quantitative estimate of drug-likeness (QED) is 0.414. The van der Waals surface area contributed by atoms with Gasteiger partial charge in [0.25, 0.3) is 7.82 Å². The van der Waals surface area contributed by atoms with Crippen molar-refractivity contribution in [3.8, 4) is 0 Å². The molecule has 4 radical (unpaired) electrons. The van der Waals surface area contributed by atoms with E-state index >= 15 is 0 Å². The van der Waals surface area contributed by atoms with Crippen LogP contribution in [0.2, 0.25) is 5.82 Å². The summed E-state index contributed by atoms with van der Waals surface area (Å²) in [5, 5.41) is 10.8. The second kappa shape index (κ2) is 9.92. The van der Waals surface area contributed by atoms with E-state index in [4.69, 9.17) is 39.0 Å². The molecule has 28 heavy (non-hydrogen) atoms. The van der Waals surface area contributed by atoms with E-state index in [-0.39, 0.29) is 44.4 Å². The van der Waals surface area contributed by atoms with Gasteiger partial charge in [-0.05, 0) is 47.0 Å². The first-order valence-corrected chi connectivity index (χ1v) is 11.2. The van der Waals surface area contributed by atoms with Crippen molar-refractivity contribution in [2.24, 2.45) is 0 Å². The third-order valence-corrected chi connectivity index (χ3v) is 5.71. The Hall–Kier alpha value is 0.0799. The van der Waals surface area contributed by atoms with Gasteiger partial charge in [0.1, 0.15) is 19.6 Å². The minimum absolute atomic E-state index is 0.0624. The van der Waals surface area contributed by atoms with Gasteiger partial charge in [0.2, 0.25) is 0 Å². The maximum absolute atomic E-state index is 12.3. The van der Waals surface area contributed by atoms with Crippen molar-refractivity contribution in [3.63, 3.8) is 0 Å². The molecule has 2 rings (SSSR count). The largest absolute Gasteiger partial charge is 0.756 e. The normalized spacial score (nSPS) is 38.4. The molecule has 0 spiro atoms. The van der Waals surface area contributed by atoms with E-state index in [1.807, 2.05) is 27.7 Å². The first-order chi connectivity index (χ1) is 12.9. The molecule has 0 aromatic heterocycles. The minimum atomic E-state index is -4.73. The van der Waals surface area contributed by atoms with E-state index < -0.39 is 37.5 Å². The number of hydrogen-bond donors (Lipinski definition) is 1. The Kier molecular flexibility index (Phi) is 8.63. The zero-order valence-corrected chi connectivity index (χ0v) is 17.9. The van der Waals surface area contributed by atoms with Crippen LogP contribution in [0.15, 0.2) is 0 Å². The third-order valence-electron chi connectivity index (χ3n) is 4.73. The van der Waals surface area contributed by atoms with Crippen LogP contribution >= 0.6 is 7.82 Å². The van der Waals surface area contributed by atoms with Crippen molar-refractivity contribution in [2.75, 3.05) is 13.2 Å². The van der Waals surface area contributed by atoms with Gasteiger partial charge >= 0.3 is 0 Å². The molecule has 8 nitrogen and oxygen atoms in total. The summed E-state index contributed by atoms with van der Waals surface area (Å²) in [5.41, 5.74) is -1.50. The average Bonchev–Trinajstić information content (AvgIpc) is 3.02. The molecule has 1 unspecified atom stereocenters. The fraction of sp³-hybridized carbons (Fsp3) is 1.00. The summed E-state index contributed by atoms with van der Waals surface area (Å²) in [6.45, 7) is 7.01. The van der Waals surface area contributed by atoms with Crippen molar-refractivity contribution in [1.29, 1.82) is 0 Å². The molecule has 1 heterocycles. The Morgan fingerprint density at radius 1 is 1.25 bits per heavy atom. The molecule has 1 aliphatic heterocycles. The monoisotopic (exact) mass is 415 g/mol. The lowest BCUT2D eigenvalue weighted by Crippen LogP contribution is -2.44. The zero-order valence-electron chi connectivity index (χ0n) is 17.0. The topological polar surface area (TPSA) is 107 Å². The molecule has 1 saturated carbocycles. The summed E-state index contributed by atoms with van der Waals surface area (Å²) in [7, 11) is 6.95. The summed E-state index contributed by atoms with van der Waals surface area (Å²) in [4.78, 5) is 12.3. The molecule has 0 bridgehead atoms. The molecule has 1 N–H and O–H groups in total. The van der Waals surface area contributed by atoms with Crippen molar-refractivity contribution in [3.05, 3.63) is 0 Å².